The summed E-state index contributed by atoms with van der Waals surface area (Å²) in [4.78, 5) is 32.4. The molecular formula is C18H16N6O2. The van der Waals surface area contributed by atoms with Crippen molar-refractivity contribution < 1.29 is 9.59 Å². The highest BCUT2D eigenvalue weighted by Gasteiger charge is 2.42. The predicted octanol–water partition coefficient (Wildman–Crippen LogP) is 1.32. The minimum Gasteiger partial charge on any atom is -0.337 e. The van der Waals surface area contributed by atoms with Crippen LogP contribution in [0.3, 0.4) is 0 Å². The van der Waals surface area contributed by atoms with Crippen molar-refractivity contribution in [2.24, 2.45) is 0 Å². The number of carbonyl (C=O) groups is 2. The molecule has 3 atom stereocenters. The molecule has 1 aliphatic carbocycles. The van der Waals surface area contributed by atoms with Crippen molar-refractivity contribution in [2.75, 3.05) is 6.54 Å². The minimum atomic E-state index is -0.509. The lowest BCUT2D eigenvalue weighted by atomic mass is 9.99. The lowest BCUT2D eigenvalue weighted by Crippen LogP contribution is -2.51. The number of pyridine rings is 1. The van der Waals surface area contributed by atoms with E-state index in [2.05, 4.69) is 25.7 Å². The van der Waals surface area contributed by atoms with Crippen LogP contribution in [0.5, 0.6) is 0 Å². The van der Waals surface area contributed by atoms with E-state index in [4.69, 9.17) is 0 Å². The summed E-state index contributed by atoms with van der Waals surface area (Å²) >= 11 is 0. The van der Waals surface area contributed by atoms with E-state index < -0.39 is 11.9 Å². The number of urea groups is 1. The van der Waals surface area contributed by atoms with E-state index in [-0.39, 0.29) is 12.5 Å². The number of aromatic nitrogens is 4. The fourth-order valence-corrected chi connectivity index (χ4v) is 3.64. The normalized spacial score (nSPS) is 25.0. The van der Waals surface area contributed by atoms with E-state index in [0.717, 1.165) is 23.3 Å². The van der Waals surface area contributed by atoms with Crippen LogP contribution >= 0.6 is 0 Å². The Kier molecular flexibility index (Phi) is 3.24. The highest BCUT2D eigenvalue weighted by atomic mass is 16.2. The summed E-state index contributed by atoms with van der Waals surface area (Å²) < 4.78 is 1.71. The van der Waals surface area contributed by atoms with Gasteiger partial charge in [-0.2, -0.15) is 5.10 Å². The second kappa shape index (κ2) is 5.62. The molecule has 1 unspecified atom stereocenters. The molecule has 3 aromatic heterocycles. The number of amides is 3. The van der Waals surface area contributed by atoms with Crippen molar-refractivity contribution in [3.05, 3.63) is 59.8 Å². The standard InChI is InChI=1S/C18H16N6O2/c25-17-13(9-21-18(26)22-17)15-8-12(16-20-5-6-24(16)23-15)10-7-11(10)14-3-1-2-4-19-14/h1-6,8,10-11,13H,7,9H2,(H2,21,22,25,26)/t10-,11-,13?/m1/s1. The highest BCUT2D eigenvalue weighted by Crippen LogP contribution is 2.54. The summed E-state index contributed by atoms with van der Waals surface area (Å²) in [7, 11) is 0. The SMILES string of the molecule is O=C1NCC(c2cc([C@@H]3C[C@H]3c3ccccn3)c3nccn3n2)C(=O)N1. The van der Waals surface area contributed by atoms with Crippen LogP contribution in [0, 0.1) is 0 Å². The smallest absolute Gasteiger partial charge is 0.321 e. The van der Waals surface area contributed by atoms with E-state index in [9.17, 15) is 9.59 Å². The monoisotopic (exact) mass is 348 g/mol. The molecule has 4 heterocycles. The van der Waals surface area contributed by atoms with Crippen LogP contribution in [0.15, 0.2) is 42.9 Å². The molecule has 1 aliphatic heterocycles. The molecule has 5 rings (SSSR count). The van der Waals surface area contributed by atoms with Crippen LogP contribution in [0.2, 0.25) is 0 Å². The first kappa shape index (κ1) is 15.0. The van der Waals surface area contributed by atoms with Gasteiger partial charge in [-0.1, -0.05) is 6.07 Å². The second-order valence-corrected chi connectivity index (χ2v) is 6.68. The van der Waals surface area contributed by atoms with Crippen molar-refractivity contribution >= 4 is 17.6 Å². The Hall–Kier alpha value is -3.29. The molecule has 2 fully saturated rings. The number of fused-ring (bicyclic) bond motifs is 1. The molecule has 2 N–H and O–H groups in total. The Morgan fingerprint density at radius 1 is 1.08 bits per heavy atom. The molecule has 26 heavy (non-hydrogen) atoms. The third-order valence-corrected chi connectivity index (χ3v) is 5.04. The minimum absolute atomic E-state index is 0.242. The first-order chi connectivity index (χ1) is 12.7. The van der Waals surface area contributed by atoms with Crippen molar-refractivity contribution in [1.29, 1.82) is 0 Å². The van der Waals surface area contributed by atoms with Gasteiger partial charge in [0.05, 0.1) is 11.6 Å². The number of hydrogen-bond donors (Lipinski definition) is 2. The summed E-state index contributed by atoms with van der Waals surface area (Å²) in [6, 6.07) is 7.44. The fourth-order valence-electron chi connectivity index (χ4n) is 3.64. The Labute approximate surface area is 148 Å². The lowest BCUT2D eigenvalue weighted by molar-refractivity contribution is -0.122. The second-order valence-electron chi connectivity index (χ2n) is 6.68. The average molecular weight is 348 g/mol. The molecule has 0 aromatic carbocycles. The topological polar surface area (TPSA) is 101 Å². The van der Waals surface area contributed by atoms with Gasteiger partial charge in [-0.25, -0.2) is 14.3 Å². The molecule has 3 aromatic rings. The van der Waals surface area contributed by atoms with E-state index in [0.29, 0.717) is 17.5 Å². The van der Waals surface area contributed by atoms with E-state index in [1.54, 1.807) is 16.9 Å². The summed E-state index contributed by atoms with van der Waals surface area (Å²) in [5.41, 5.74) is 3.58. The maximum Gasteiger partial charge on any atom is 0.321 e. The zero-order valence-electron chi connectivity index (χ0n) is 13.8. The van der Waals surface area contributed by atoms with Gasteiger partial charge < -0.3 is 5.32 Å². The number of imidazole rings is 1. The average Bonchev–Trinajstić information content (AvgIpc) is 3.30. The summed E-state index contributed by atoms with van der Waals surface area (Å²) in [6.45, 7) is 0.242. The number of hydrogen-bond acceptors (Lipinski definition) is 5. The van der Waals surface area contributed by atoms with Crippen LogP contribution in [0.25, 0.3) is 5.65 Å². The molecule has 2 aliphatic rings. The van der Waals surface area contributed by atoms with E-state index in [1.165, 1.54) is 0 Å². The molecular weight excluding hydrogens is 332 g/mol. The molecule has 0 spiro atoms. The molecule has 0 bridgehead atoms. The molecule has 1 saturated carbocycles. The maximum absolute atomic E-state index is 12.2. The molecule has 3 amide bonds. The number of nitrogens with zero attached hydrogens (tertiary/aromatic N) is 4. The zero-order chi connectivity index (χ0) is 17.7. The molecule has 1 saturated heterocycles. The van der Waals surface area contributed by atoms with Gasteiger partial charge in [0.1, 0.15) is 0 Å². The van der Waals surface area contributed by atoms with E-state index in [1.807, 2.05) is 30.5 Å². The lowest BCUT2D eigenvalue weighted by Gasteiger charge is -2.22. The Bertz CT molecular complexity index is 1010. The Morgan fingerprint density at radius 2 is 2.00 bits per heavy atom. The van der Waals surface area contributed by atoms with Crippen molar-refractivity contribution in [1.82, 2.24) is 30.2 Å². The summed E-state index contributed by atoms with van der Waals surface area (Å²) in [5.74, 6) is -0.182. The Balaban J connectivity index is 1.53. The largest absolute Gasteiger partial charge is 0.337 e. The molecule has 8 heteroatoms. The van der Waals surface area contributed by atoms with Crippen molar-refractivity contribution in [2.45, 2.75) is 24.2 Å². The zero-order valence-corrected chi connectivity index (χ0v) is 13.8. The van der Waals surface area contributed by atoms with Gasteiger partial charge >= 0.3 is 6.03 Å². The Morgan fingerprint density at radius 3 is 2.81 bits per heavy atom. The maximum atomic E-state index is 12.2. The van der Waals surface area contributed by atoms with Crippen LogP contribution in [-0.2, 0) is 4.79 Å². The highest BCUT2D eigenvalue weighted by molar-refractivity contribution is 6.00. The first-order valence-corrected chi connectivity index (χ1v) is 8.54. The van der Waals surface area contributed by atoms with E-state index >= 15 is 0 Å². The van der Waals surface area contributed by atoms with Gasteiger partial charge in [0.25, 0.3) is 0 Å². The van der Waals surface area contributed by atoms with Crippen molar-refractivity contribution in [3.8, 4) is 0 Å². The third-order valence-electron chi connectivity index (χ3n) is 5.04. The predicted molar refractivity (Wildman–Crippen MR) is 91.6 cm³/mol. The van der Waals surface area contributed by atoms with Crippen LogP contribution < -0.4 is 10.6 Å². The number of nitrogens with one attached hydrogen (secondary N) is 2. The van der Waals surface area contributed by atoms with Crippen LogP contribution in [-0.4, -0.2) is 38.1 Å². The molecule has 8 nitrogen and oxygen atoms in total. The fraction of sp³-hybridized carbons (Fsp3) is 0.278. The van der Waals surface area contributed by atoms with Crippen molar-refractivity contribution in [3.63, 3.8) is 0 Å². The third kappa shape index (κ3) is 2.42. The van der Waals surface area contributed by atoms with Gasteiger partial charge in [0.15, 0.2) is 5.65 Å². The first-order valence-electron chi connectivity index (χ1n) is 8.54. The van der Waals surface area contributed by atoms with Gasteiger partial charge in [-0.15, -0.1) is 0 Å². The number of rotatable bonds is 3. The van der Waals surface area contributed by atoms with Gasteiger partial charge in [0.2, 0.25) is 5.91 Å². The van der Waals surface area contributed by atoms with Crippen LogP contribution in [0.4, 0.5) is 4.79 Å². The number of carbonyl (C=O) groups excluding carboxylic acids is 2. The summed E-state index contributed by atoms with van der Waals surface area (Å²) in [6.07, 6.45) is 6.29. The molecule has 0 radical (unpaired) electrons. The van der Waals surface area contributed by atoms with Gasteiger partial charge in [0, 0.05) is 42.3 Å². The van der Waals surface area contributed by atoms with Crippen LogP contribution in [0.1, 0.15) is 41.1 Å². The number of imide groups is 1. The van der Waals surface area contributed by atoms with Gasteiger partial charge in [-0.3, -0.25) is 15.1 Å². The van der Waals surface area contributed by atoms with Gasteiger partial charge in [-0.05, 0) is 30.5 Å². The molecule has 130 valence electrons. The summed E-state index contributed by atoms with van der Waals surface area (Å²) in [5, 5.41) is 9.49. The quantitative estimate of drug-likeness (QED) is 0.743.